The summed E-state index contributed by atoms with van der Waals surface area (Å²) >= 11 is 0. The lowest BCUT2D eigenvalue weighted by atomic mass is 9.98. The van der Waals surface area contributed by atoms with Crippen molar-refractivity contribution >= 4 is 0 Å². The summed E-state index contributed by atoms with van der Waals surface area (Å²) in [6.07, 6.45) is 9.02. The molecule has 4 nitrogen and oxygen atoms in total. The van der Waals surface area contributed by atoms with E-state index in [0.717, 1.165) is 25.7 Å². The van der Waals surface area contributed by atoms with Gasteiger partial charge >= 0.3 is 0 Å². The minimum absolute atomic E-state index is 0.368. The molecule has 0 amide bonds. The predicted octanol–water partition coefficient (Wildman–Crippen LogP) is 1.77. The first kappa shape index (κ1) is 16.2. The van der Waals surface area contributed by atoms with Crippen molar-refractivity contribution in [2.45, 2.75) is 70.1 Å². The summed E-state index contributed by atoms with van der Waals surface area (Å²) in [7, 11) is 0. The van der Waals surface area contributed by atoms with Gasteiger partial charge in [0.1, 0.15) is 0 Å². The third kappa shape index (κ3) is 6.08. The zero-order chi connectivity index (χ0) is 14.2. The van der Waals surface area contributed by atoms with Crippen LogP contribution in [0, 0.1) is 0 Å². The molecular formula is C16H32N2O2. The number of aliphatic hydroxyl groups is 1. The van der Waals surface area contributed by atoms with Crippen LogP contribution in [0.15, 0.2) is 0 Å². The fourth-order valence-electron chi connectivity index (χ4n) is 3.07. The third-order valence-corrected chi connectivity index (χ3v) is 4.50. The van der Waals surface area contributed by atoms with Gasteiger partial charge in [-0.1, -0.05) is 26.2 Å². The molecule has 2 N–H and O–H groups in total. The Bertz CT molecular complexity index is 253. The Morgan fingerprint density at radius 1 is 1.20 bits per heavy atom. The molecule has 118 valence electrons. The highest BCUT2D eigenvalue weighted by Crippen LogP contribution is 2.25. The zero-order valence-corrected chi connectivity index (χ0v) is 13.0. The molecule has 2 fully saturated rings. The van der Waals surface area contributed by atoms with E-state index in [4.69, 9.17) is 4.74 Å². The fourth-order valence-corrected chi connectivity index (χ4v) is 3.07. The molecule has 0 saturated heterocycles. The van der Waals surface area contributed by atoms with Gasteiger partial charge in [0.15, 0.2) is 0 Å². The molecule has 0 bridgehead atoms. The lowest BCUT2D eigenvalue weighted by Gasteiger charge is -2.24. The standard InChI is InChI=1S/C16H32N2O2/c1-2-18(14-8-9-14)11-10-17-12-15(19)13-20-16-6-4-3-5-7-16/h14-17,19H,2-13H2,1H3. The quantitative estimate of drug-likeness (QED) is 0.600. The second-order valence-electron chi connectivity index (χ2n) is 6.31. The summed E-state index contributed by atoms with van der Waals surface area (Å²) in [6.45, 7) is 6.56. The Kier molecular flexibility index (Phi) is 7.28. The van der Waals surface area contributed by atoms with Gasteiger partial charge in [0.2, 0.25) is 0 Å². The molecule has 0 heterocycles. The van der Waals surface area contributed by atoms with E-state index in [9.17, 15) is 5.11 Å². The van der Waals surface area contributed by atoms with E-state index in [1.807, 2.05) is 0 Å². The highest BCUT2D eigenvalue weighted by molar-refractivity contribution is 4.84. The van der Waals surface area contributed by atoms with Crippen molar-refractivity contribution in [1.29, 1.82) is 0 Å². The fraction of sp³-hybridized carbons (Fsp3) is 1.00. The number of aliphatic hydroxyl groups excluding tert-OH is 1. The number of rotatable bonds is 10. The Hall–Kier alpha value is -0.160. The topological polar surface area (TPSA) is 44.7 Å². The molecule has 2 rings (SSSR count). The molecule has 2 aliphatic carbocycles. The maximum Gasteiger partial charge on any atom is 0.0897 e. The maximum absolute atomic E-state index is 9.92. The second kappa shape index (κ2) is 8.98. The zero-order valence-electron chi connectivity index (χ0n) is 13.0. The number of hydrogen-bond acceptors (Lipinski definition) is 4. The number of likely N-dealkylation sites (N-methyl/N-ethyl adjacent to an activating group) is 1. The average molecular weight is 284 g/mol. The molecular weight excluding hydrogens is 252 g/mol. The first-order valence-electron chi connectivity index (χ1n) is 8.54. The molecule has 0 spiro atoms. The Balaban J connectivity index is 1.45. The van der Waals surface area contributed by atoms with Crippen molar-refractivity contribution in [3.63, 3.8) is 0 Å². The average Bonchev–Trinajstić information content (AvgIpc) is 3.31. The molecule has 0 radical (unpaired) electrons. The Morgan fingerprint density at radius 3 is 2.60 bits per heavy atom. The summed E-state index contributed by atoms with van der Waals surface area (Å²) in [4.78, 5) is 2.53. The first-order valence-corrected chi connectivity index (χ1v) is 8.54. The smallest absolute Gasteiger partial charge is 0.0897 e. The van der Waals surface area contributed by atoms with E-state index in [0.29, 0.717) is 19.3 Å². The SMILES string of the molecule is CCN(CCNCC(O)COC1CCCCC1)C1CC1. The van der Waals surface area contributed by atoms with Crippen LogP contribution in [-0.2, 0) is 4.74 Å². The summed E-state index contributed by atoms with van der Waals surface area (Å²) < 4.78 is 5.79. The highest BCUT2D eigenvalue weighted by atomic mass is 16.5. The van der Waals surface area contributed by atoms with Crippen molar-refractivity contribution < 1.29 is 9.84 Å². The van der Waals surface area contributed by atoms with E-state index in [-0.39, 0.29) is 6.10 Å². The van der Waals surface area contributed by atoms with Crippen LogP contribution >= 0.6 is 0 Å². The monoisotopic (exact) mass is 284 g/mol. The Morgan fingerprint density at radius 2 is 1.95 bits per heavy atom. The van der Waals surface area contributed by atoms with Gasteiger partial charge in [-0.15, -0.1) is 0 Å². The van der Waals surface area contributed by atoms with E-state index < -0.39 is 0 Å². The van der Waals surface area contributed by atoms with Crippen LogP contribution in [0.25, 0.3) is 0 Å². The summed E-state index contributed by atoms with van der Waals surface area (Å²) in [6, 6.07) is 0.835. The maximum atomic E-state index is 9.92. The molecule has 0 aromatic rings. The van der Waals surface area contributed by atoms with E-state index in [1.165, 1.54) is 44.9 Å². The molecule has 0 aromatic carbocycles. The number of nitrogens with zero attached hydrogens (tertiary/aromatic N) is 1. The molecule has 0 aliphatic heterocycles. The molecule has 2 aliphatic rings. The van der Waals surface area contributed by atoms with Crippen molar-refractivity contribution in [3.05, 3.63) is 0 Å². The van der Waals surface area contributed by atoms with Gasteiger partial charge in [-0.3, -0.25) is 4.90 Å². The van der Waals surface area contributed by atoms with Crippen LogP contribution in [0.2, 0.25) is 0 Å². The van der Waals surface area contributed by atoms with Crippen molar-refractivity contribution in [2.75, 3.05) is 32.8 Å². The first-order chi connectivity index (χ1) is 9.79. The lowest BCUT2D eigenvalue weighted by Crippen LogP contribution is -2.38. The summed E-state index contributed by atoms with van der Waals surface area (Å²) in [5, 5.41) is 13.3. The van der Waals surface area contributed by atoms with Crippen LogP contribution in [0.1, 0.15) is 51.9 Å². The molecule has 2 saturated carbocycles. The van der Waals surface area contributed by atoms with E-state index in [1.54, 1.807) is 0 Å². The van der Waals surface area contributed by atoms with Crippen molar-refractivity contribution in [2.24, 2.45) is 0 Å². The molecule has 0 aromatic heterocycles. The van der Waals surface area contributed by atoms with Crippen LogP contribution in [-0.4, -0.2) is 61.0 Å². The molecule has 4 heteroatoms. The van der Waals surface area contributed by atoms with E-state index >= 15 is 0 Å². The highest BCUT2D eigenvalue weighted by Gasteiger charge is 2.27. The largest absolute Gasteiger partial charge is 0.389 e. The Labute approximate surface area is 123 Å². The van der Waals surface area contributed by atoms with Gasteiger partial charge in [-0.05, 0) is 32.2 Å². The number of ether oxygens (including phenoxy) is 1. The number of hydrogen-bond donors (Lipinski definition) is 2. The minimum atomic E-state index is -0.368. The lowest BCUT2D eigenvalue weighted by molar-refractivity contribution is -0.0230. The minimum Gasteiger partial charge on any atom is -0.389 e. The second-order valence-corrected chi connectivity index (χ2v) is 6.31. The third-order valence-electron chi connectivity index (χ3n) is 4.50. The van der Waals surface area contributed by atoms with Gasteiger partial charge in [-0.25, -0.2) is 0 Å². The normalized spacial score (nSPS) is 22.4. The van der Waals surface area contributed by atoms with Gasteiger partial charge < -0.3 is 15.2 Å². The van der Waals surface area contributed by atoms with Gasteiger partial charge in [0.05, 0.1) is 18.8 Å². The summed E-state index contributed by atoms with van der Waals surface area (Å²) in [5.41, 5.74) is 0. The van der Waals surface area contributed by atoms with Gasteiger partial charge in [0, 0.05) is 25.7 Å². The number of nitrogens with one attached hydrogen (secondary N) is 1. The van der Waals surface area contributed by atoms with Crippen LogP contribution in [0.3, 0.4) is 0 Å². The van der Waals surface area contributed by atoms with Crippen LogP contribution < -0.4 is 5.32 Å². The predicted molar refractivity (Wildman–Crippen MR) is 82.0 cm³/mol. The molecule has 1 unspecified atom stereocenters. The van der Waals surface area contributed by atoms with Crippen LogP contribution in [0.5, 0.6) is 0 Å². The molecule has 1 atom stereocenters. The molecule has 20 heavy (non-hydrogen) atoms. The van der Waals surface area contributed by atoms with Crippen molar-refractivity contribution in [3.8, 4) is 0 Å². The van der Waals surface area contributed by atoms with Gasteiger partial charge in [0.25, 0.3) is 0 Å². The van der Waals surface area contributed by atoms with Gasteiger partial charge in [-0.2, -0.15) is 0 Å². The van der Waals surface area contributed by atoms with Crippen molar-refractivity contribution in [1.82, 2.24) is 10.2 Å². The van der Waals surface area contributed by atoms with Crippen LogP contribution in [0.4, 0.5) is 0 Å². The summed E-state index contributed by atoms with van der Waals surface area (Å²) in [5.74, 6) is 0. The van der Waals surface area contributed by atoms with E-state index in [2.05, 4.69) is 17.1 Å².